The maximum atomic E-state index is 5.70. The van der Waals surface area contributed by atoms with E-state index in [2.05, 4.69) is 35.8 Å². The van der Waals surface area contributed by atoms with Crippen LogP contribution in [0.5, 0.6) is 0 Å². The monoisotopic (exact) mass is 312 g/mol. The Morgan fingerprint density at radius 2 is 2.13 bits per heavy atom. The van der Waals surface area contributed by atoms with Gasteiger partial charge in [0, 0.05) is 19.6 Å². The highest BCUT2D eigenvalue weighted by atomic mass is 16.5. The van der Waals surface area contributed by atoms with E-state index in [1.54, 1.807) is 4.68 Å². The third-order valence-electron chi connectivity index (χ3n) is 3.75. The molecule has 1 unspecified atom stereocenters. The van der Waals surface area contributed by atoms with Crippen LogP contribution >= 0.6 is 0 Å². The number of nitrogens with zero attached hydrogens (tertiary/aromatic N) is 7. The molecule has 23 heavy (non-hydrogen) atoms. The fourth-order valence-corrected chi connectivity index (χ4v) is 2.62. The maximum Gasteiger partial charge on any atom is 0.204 e. The highest BCUT2D eigenvalue weighted by Gasteiger charge is 2.25. The molecule has 118 valence electrons. The Morgan fingerprint density at radius 1 is 1.22 bits per heavy atom. The Balaban J connectivity index is 1.43. The van der Waals surface area contributed by atoms with E-state index < -0.39 is 0 Å². The van der Waals surface area contributed by atoms with E-state index in [0.29, 0.717) is 25.5 Å². The van der Waals surface area contributed by atoms with Crippen LogP contribution in [0.25, 0.3) is 5.69 Å². The SMILES string of the molecule is c1ccc(-n2cc(CN3CCOC(c4nn[nH]n4)C3)nn2)cc1. The summed E-state index contributed by atoms with van der Waals surface area (Å²) in [5.74, 6) is 0.586. The van der Waals surface area contributed by atoms with E-state index in [0.717, 1.165) is 17.9 Å². The average molecular weight is 312 g/mol. The molecule has 1 aliphatic rings. The van der Waals surface area contributed by atoms with Gasteiger partial charge >= 0.3 is 0 Å². The molecule has 1 fully saturated rings. The Hall–Kier alpha value is -2.65. The third kappa shape index (κ3) is 3.10. The number of para-hydroxylation sites is 1. The van der Waals surface area contributed by atoms with Crippen LogP contribution in [0, 0.1) is 0 Å². The number of nitrogens with one attached hydrogen (secondary N) is 1. The standard InChI is InChI=1S/C14H16N8O/c1-2-4-12(5-3-1)22-9-11(15-20-22)8-21-6-7-23-13(10-21)14-16-18-19-17-14/h1-5,9,13H,6-8,10H2,(H,16,17,18,19). The van der Waals surface area contributed by atoms with Gasteiger partial charge in [-0.05, 0) is 12.1 Å². The number of hydrogen-bond acceptors (Lipinski definition) is 7. The van der Waals surface area contributed by atoms with Crippen molar-refractivity contribution in [3.8, 4) is 5.69 Å². The predicted octanol–water partition coefficient (Wildman–Crippen LogP) is 0.354. The molecule has 1 atom stereocenters. The van der Waals surface area contributed by atoms with Crippen molar-refractivity contribution in [2.45, 2.75) is 12.6 Å². The summed E-state index contributed by atoms with van der Waals surface area (Å²) in [6, 6.07) is 9.94. The smallest absolute Gasteiger partial charge is 0.204 e. The Morgan fingerprint density at radius 3 is 2.96 bits per heavy atom. The molecule has 0 radical (unpaired) electrons. The molecule has 1 aliphatic heterocycles. The summed E-state index contributed by atoms with van der Waals surface area (Å²) < 4.78 is 7.48. The second-order valence-corrected chi connectivity index (χ2v) is 5.35. The summed E-state index contributed by atoms with van der Waals surface area (Å²) in [6.45, 7) is 2.89. The van der Waals surface area contributed by atoms with Crippen LogP contribution in [0.15, 0.2) is 36.5 Å². The summed E-state index contributed by atoms with van der Waals surface area (Å²) >= 11 is 0. The van der Waals surface area contributed by atoms with Gasteiger partial charge < -0.3 is 4.74 Å². The number of aromatic nitrogens is 7. The van der Waals surface area contributed by atoms with Crippen molar-refractivity contribution in [1.82, 2.24) is 40.5 Å². The molecule has 0 saturated carbocycles. The molecular weight excluding hydrogens is 296 g/mol. The Labute approximate surface area is 132 Å². The number of morpholine rings is 1. The first kappa shape index (κ1) is 14.0. The molecule has 1 saturated heterocycles. The van der Waals surface area contributed by atoms with Gasteiger partial charge in [0.25, 0.3) is 0 Å². The van der Waals surface area contributed by atoms with Crippen LogP contribution < -0.4 is 0 Å². The summed E-state index contributed by atoms with van der Waals surface area (Å²) in [5, 5.41) is 22.5. The van der Waals surface area contributed by atoms with Crippen LogP contribution in [-0.4, -0.2) is 60.2 Å². The molecule has 0 amide bonds. The molecule has 3 aromatic rings. The maximum absolute atomic E-state index is 5.70. The highest BCUT2D eigenvalue weighted by molar-refractivity contribution is 5.29. The van der Waals surface area contributed by atoms with Gasteiger partial charge in [-0.15, -0.1) is 15.3 Å². The molecule has 1 N–H and O–H groups in total. The summed E-state index contributed by atoms with van der Waals surface area (Å²) in [4.78, 5) is 2.25. The molecular formula is C14H16N8O. The van der Waals surface area contributed by atoms with E-state index in [1.807, 2.05) is 36.5 Å². The number of benzene rings is 1. The number of rotatable bonds is 4. The van der Waals surface area contributed by atoms with E-state index in [-0.39, 0.29) is 6.10 Å². The lowest BCUT2D eigenvalue weighted by Gasteiger charge is -2.30. The van der Waals surface area contributed by atoms with E-state index >= 15 is 0 Å². The normalized spacial score (nSPS) is 19.0. The van der Waals surface area contributed by atoms with Crippen molar-refractivity contribution in [3.05, 3.63) is 48.0 Å². The van der Waals surface area contributed by atoms with Crippen LogP contribution in [-0.2, 0) is 11.3 Å². The second-order valence-electron chi connectivity index (χ2n) is 5.35. The fraction of sp³-hybridized carbons (Fsp3) is 0.357. The zero-order chi connectivity index (χ0) is 15.5. The van der Waals surface area contributed by atoms with Gasteiger partial charge in [-0.25, -0.2) is 4.68 Å². The summed E-state index contributed by atoms with van der Waals surface area (Å²) in [7, 11) is 0. The first-order chi connectivity index (χ1) is 11.4. The van der Waals surface area contributed by atoms with Gasteiger partial charge in [-0.1, -0.05) is 28.6 Å². The molecule has 0 bridgehead atoms. The average Bonchev–Trinajstić information content (AvgIpc) is 3.28. The van der Waals surface area contributed by atoms with Crippen molar-refractivity contribution in [2.75, 3.05) is 19.7 Å². The zero-order valence-electron chi connectivity index (χ0n) is 12.4. The van der Waals surface area contributed by atoms with E-state index in [4.69, 9.17) is 4.74 Å². The topological polar surface area (TPSA) is 97.6 Å². The van der Waals surface area contributed by atoms with Crippen molar-refractivity contribution in [1.29, 1.82) is 0 Å². The van der Waals surface area contributed by atoms with Gasteiger partial charge in [0.2, 0.25) is 5.82 Å². The first-order valence-electron chi connectivity index (χ1n) is 7.42. The number of ether oxygens (including phenoxy) is 1. The van der Waals surface area contributed by atoms with E-state index in [9.17, 15) is 0 Å². The molecule has 0 spiro atoms. The van der Waals surface area contributed by atoms with Crippen molar-refractivity contribution < 1.29 is 4.74 Å². The lowest BCUT2D eigenvalue weighted by atomic mass is 10.2. The zero-order valence-corrected chi connectivity index (χ0v) is 12.4. The Bertz CT molecular complexity index is 741. The van der Waals surface area contributed by atoms with E-state index in [1.165, 1.54) is 0 Å². The minimum atomic E-state index is -0.160. The molecule has 9 nitrogen and oxygen atoms in total. The summed E-state index contributed by atoms with van der Waals surface area (Å²) in [5.41, 5.74) is 1.92. The lowest BCUT2D eigenvalue weighted by molar-refractivity contribution is -0.0375. The van der Waals surface area contributed by atoms with Crippen LogP contribution in [0.2, 0.25) is 0 Å². The van der Waals surface area contributed by atoms with Gasteiger partial charge in [-0.2, -0.15) is 5.21 Å². The molecule has 9 heteroatoms. The van der Waals surface area contributed by atoms with Crippen LogP contribution in [0.4, 0.5) is 0 Å². The van der Waals surface area contributed by atoms with Crippen molar-refractivity contribution in [2.24, 2.45) is 0 Å². The van der Waals surface area contributed by atoms with Crippen molar-refractivity contribution in [3.63, 3.8) is 0 Å². The predicted molar refractivity (Wildman–Crippen MR) is 79.5 cm³/mol. The molecule has 0 aliphatic carbocycles. The number of aromatic amines is 1. The van der Waals surface area contributed by atoms with Crippen molar-refractivity contribution >= 4 is 0 Å². The quantitative estimate of drug-likeness (QED) is 0.742. The van der Waals surface area contributed by atoms with Crippen LogP contribution in [0.3, 0.4) is 0 Å². The summed E-state index contributed by atoms with van der Waals surface area (Å²) in [6.07, 6.45) is 1.79. The second kappa shape index (κ2) is 6.23. The van der Waals surface area contributed by atoms with Gasteiger partial charge in [-0.3, -0.25) is 4.90 Å². The number of tetrazole rings is 1. The van der Waals surface area contributed by atoms with Gasteiger partial charge in [0.05, 0.1) is 24.2 Å². The number of hydrogen-bond donors (Lipinski definition) is 1. The van der Waals surface area contributed by atoms with Crippen LogP contribution in [0.1, 0.15) is 17.6 Å². The first-order valence-corrected chi connectivity index (χ1v) is 7.42. The number of H-pyrrole nitrogens is 1. The Kier molecular flexibility index (Phi) is 3.78. The lowest BCUT2D eigenvalue weighted by Crippen LogP contribution is -2.38. The molecule has 2 aromatic heterocycles. The highest BCUT2D eigenvalue weighted by Crippen LogP contribution is 2.19. The molecule has 3 heterocycles. The molecule has 4 rings (SSSR count). The molecule has 1 aromatic carbocycles. The minimum Gasteiger partial charge on any atom is -0.367 e. The van der Waals surface area contributed by atoms with Gasteiger partial charge in [0.15, 0.2) is 0 Å². The minimum absolute atomic E-state index is 0.160. The van der Waals surface area contributed by atoms with Gasteiger partial charge in [0.1, 0.15) is 6.10 Å². The third-order valence-corrected chi connectivity index (χ3v) is 3.75. The fourth-order valence-electron chi connectivity index (χ4n) is 2.62. The largest absolute Gasteiger partial charge is 0.367 e.